The minimum absolute atomic E-state index is 0.00154. The Morgan fingerprint density at radius 1 is 1.06 bits per heavy atom. The monoisotopic (exact) mass is 433 g/mol. The Labute approximate surface area is 175 Å². The van der Waals surface area contributed by atoms with E-state index in [0.717, 1.165) is 13.8 Å². The van der Waals surface area contributed by atoms with E-state index in [1.165, 1.54) is 19.1 Å². The molecule has 2 aliphatic heterocycles. The van der Waals surface area contributed by atoms with Gasteiger partial charge in [-0.1, -0.05) is 0 Å². The number of aliphatic hydroxyl groups is 1. The lowest BCUT2D eigenvalue weighted by atomic mass is 9.79. The maximum absolute atomic E-state index is 13.0. The highest BCUT2D eigenvalue weighted by molar-refractivity contribution is 6.08. The molecule has 0 bridgehead atoms. The summed E-state index contributed by atoms with van der Waals surface area (Å²) in [5.41, 5.74) is 0.678. The second-order valence-corrected chi connectivity index (χ2v) is 7.17. The molecular weight excluding hydrogens is 414 g/mol. The van der Waals surface area contributed by atoms with Gasteiger partial charge < -0.3 is 34.1 Å². The summed E-state index contributed by atoms with van der Waals surface area (Å²) in [4.78, 5) is 47.9. The number of aliphatic hydroxyl groups excluding tert-OH is 1. The van der Waals surface area contributed by atoms with Gasteiger partial charge in [0.15, 0.2) is 23.7 Å². The quantitative estimate of drug-likeness (QED) is 0.496. The summed E-state index contributed by atoms with van der Waals surface area (Å²) in [5.74, 6) is -2.47. The number of rotatable bonds is 3. The average Bonchev–Trinajstić information content (AvgIpc) is 3.13. The molecule has 2 N–H and O–H groups in total. The Kier molecular flexibility index (Phi) is 5.05. The van der Waals surface area contributed by atoms with Crippen molar-refractivity contribution in [2.75, 3.05) is 6.79 Å². The molecule has 31 heavy (non-hydrogen) atoms. The average molecular weight is 433 g/mol. The Balaban J connectivity index is 1.89. The number of esters is 3. The molecule has 0 aromatic heterocycles. The maximum atomic E-state index is 13.0. The minimum Gasteiger partial charge on any atom is -0.456 e. The highest BCUT2D eigenvalue weighted by Crippen LogP contribution is 2.49. The first-order chi connectivity index (χ1) is 14.7. The molecule has 1 aromatic carbocycles. The highest BCUT2D eigenvalue weighted by atomic mass is 16.7. The molecule has 1 aliphatic carbocycles. The van der Waals surface area contributed by atoms with Gasteiger partial charge in [0.1, 0.15) is 6.10 Å². The molecule has 11 heteroatoms. The molecule has 2 heterocycles. The molecule has 0 spiro atoms. The number of hydrogen-bond acceptors (Lipinski definition) is 10. The van der Waals surface area contributed by atoms with Gasteiger partial charge in [-0.15, -0.1) is 0 Å². The van der Waals surface area contributed by atoms with Gasteiger partial charge in [0.05, 0.1) is 11.6 Å². The summed E-state index contributed by atoms with van der Waals surface area (Å²) in [7, 11) is 0. The van der Waals surface area contributed by atoms with Gasteiger partial charge >= 0.3 is 17.9 Å². The van der Waals surface area contributed by atoms with Crippen molar-refractivity contribution in [3.05, 3.63) is 23.3 Å². The van der Waals surface area contributed by atoms with Crippen LogP contribution in [-0.4, -0.2) is 60.1 Å². The third-order valence-electron chi connectivity index (χ3n) is 4.97. The van der Waals surface area contributed by atoms with Crippen LogP contribution in [0.5, 0.6) is 17.2 Å². The van der Waals surface area contributed by atoms with Crippen LogP contribution in [0.2, 0.25) is 0 Å². The third-order valence-corrected chi connectivity index (χ3v) is 4.97. The first-order valence-electron chi connectivity index (χ1n) is 9.37. The van der Waals surface area contributed by atoms with E-state index in [4.69, 9.17) is 23.7 Å². The van der Waals surface area contributed by atoms with Crippen LogP contribution in [-0.2, 0) is 23.9 Å². The molecule has 0 saturated carbocycles. The lowest BCUT2D eigenvalue weighted by molar-refractivity contribution is -0.174. The fourth-order valence-electron chi connectivity index (χ4n) is 3.94. The summed E-state index contributed by atoms with van der Waals surface area (Å²) in [6.45, 7) is 3.35. The van der Waals surface area contributed by atoms with E-state index < -0.39 is 48.2 Å². The molecule has 1 amide bonds. The second-order valence-electron chi connectivity index (χ2n) is 7.17. The summed E-state index contributed by atoms with van der Waals surface area (Å²) < 4.78 is 26.5. The molecule has 11 nitrogen and oxygen atoms in total. The Hall–Kier alpha value is -3.60. The number of carbonyl (C=O) groups is 4. The summed E-state index contributed by atoms with van der Waals surface area (Å²) in [5, 5.41) is 13.3. The normalized spacial score (nSPS) is 25.4. The number of carbonyl (C=O) groups excluding carboxylic acids is 4. The molecule has 2 unspecified atom stereocenters. The van der Waals surface area contributed by atoms with Gasteiger partial charge in [-0.05, 0) is 17.7 Å². The number of ether oxygens (including phenoxy) is 5. The predicted molar refractivity (Wildman–Crippen MR) is 100 cm³/mol. The van der Waals surface area contributed by atoms with Crippen molar-refractivity contribution in [2.24, 2.45) is 0 Å². The zero-order valence-corrected chi connectivity index (χ0v) is 16.8. The smallest absolute Gasteiger partial charge is 0.308 e. The van der Waals surface area contributed by atoms with E-state index in [1.807, 2.05) is 0 Å². The van der Waals surface area contributed by atoms with E-state index in [0.29, 0.717) is 11.1 Å². The fraction of sp³-hybridized carbons (Fsp3) is 0.400. The third kappa shape index (κ3) is 3.56. The van der Waals surface area contributed by atoms with Gasteiger partial charge in [0.25, 0.3) is 5.91 Å². The van der Waals surface area contributed by atoms with Crippen molar-refractivity contribution in [3.63, 3.8) is 0 Å². The van der Waals surface area contributed by atoms with Crippen LogP contribution in [0, 0.1) is 0 Å². The number of benzene rings is 1. The van der Waals surface area contributed by atoms with Crippen LogP contribution in [0.1, 0.15) is 36.7 Å². The van der Waals surface area contributed by atoms with Crippen molar-refractivity contribution in [2.45, 2.75) is 45.1 Å². The van der Waals surface area contributed by atoms with Crippen molar-refractivity contribution < 1.29 is 48.0 Å². The maximum Gasteiger partial charge on any atom is 0.308 e. The van der Waals surface area contributed by atoms with Crippen LogP contribution < -0.4 is 19.5 Å². The summed E-state index contributed by atoms with van der Waals surface area (Å²) in [6, 6.07) is 0.577. The van der Waals surface area contributed by atoms with Gasteiger partial charge in [-0.2, -0.15) is 0 Å². The Morgan fingerprint density at radius 2 is 1.74 bits per heavy atom. The molecule has 1 aromatic rings. The number of nitrogens with one attached hydrogen (secondary N) is 1. The van der Waals surface area contributed by atoms with Crippen LogP contribution in [0.4, 0.5) is 0 Å². The molecular formula is C20H19NO10. The minimum atomic E-state index is -1.34. The fourth-order valence-corrected chi connectivity index (χ4v) is 3.94. The number of hydrogen-bond donors (Lipinski definition) is 2. The van der Waals surface area contributed by atoms with Crippen molar-refractivity contribution in [1.29, 1.82) is 0 Å². The van der Waals surface area contributed by atoms with Crippen molar-refractivity contribution in [1.82, 2.24) is 5.32 Å². The highest BCUT2D eigenvalue weighted by Gasteiger charge is 2.49. The van der Waals surface area contributed by atoms with Gasteiger partial charge in [0, 0.05) is 26.3 Å². The second kappa shape index (κ2) is 7.58. The lowest BCUT2D eigenvalue weighted by Crippen LogP contribution is -2.59. The molecule has 4 atom stereocenters. The molecule has 164 valence electrons. The largest absolute Gasteiger partial charge is 0.456 e. The van der Waals surface area contributed by atoms with Crippen LogP contribution in [0.15, 0.2) is 12.1 Å². The zero-order chi connectivity index (χ0) is 22.4. The van der Waals surface area contributed by atoms with E-state index in [9.17, 15) is 24.3 Å². The Morgan fingerprint density at radius 3 is 2.39 bits per heavy atom. The van der Waals surface area contributed by atoms with Gasteiger partial charge in [-0.3, -0.25) is 19.2 Å². The van der Waals surface area contributed by atoms with E-state index >= 15 is 0 Å². The first-order valence-corrected chi connectivity index (χ1v) is 9.37. The van der Waals surface area contributed by atoms with E-state index in [-0.39, 0.29) is 29.6 Å². The van der Waals surface area contributed by atoms with Crippen LogP contribution >= 0.6 is 0 Å². The molecule has 4 rings (SSSR count). The number of fused-ring (bicyclic) bond motifs is 4. The Bertz CT molecular complexity index is 1030. The SMILES string of the molecule is CC(=O)Oc1c2c(cc3c1C(=O)NC1C3=CC(O)[C@@H](OC(C)=O)[C@H]1OC(C)=O)OCO2. The molecule has 0 saturated heterocycles. The molecule has 0 fully saturated rings. The molecule has 0 radical (unpaired) electrons. The van der Waals surface area contributed by atoms with Gasteiger partial charge in [-0.25, -0.2) is 0 Å². The standard InChI is InChI=1S/C20H19NO10/c1-7(22)29-16-12(25)4-11-10-5-13-17(28-6-27-13)18(30-8(2)23)14(10)20(26)21-15(11)19(16)31-9(3)24/h4-5,12,15-16,19,25H,6H2,1-3H3,(H,21,26)/t12?,15?,16-,19+/m1/s1. The van der Waals surface area contributed by atoms with Crippen LogP contribution in [0.3, 0.4) is 0 Å². The topological polar surface area (TPSA) is 147 Å². The van der Waals surface area contributed by atoms with Crippen molar-refractivity contribution >= 4 is 29.4 Å². The summed E-state index contributed by atoms with van der Waals surface area (Å²) in [6.07, 6.45) is -2.39. The summed E-state index contributed by atoms with van der Waals surface area (Å²) >= 11 is 0. The first kappa shape index (κ1) is 20.7. The molecule has 3 aliphatic rings. The van der Waals surface area contributed by atoms with Crippen LogP contribution in [0.25, 0.3) is 5.57 Å². The van der Waals surface area contributed by atoms with Gasteiger partial charge in [0.2, 0.25) is 12.5 Å². The predicted octanol–water partition coefficient (Wildman–Crippen LogP) is 0.0739. The van der Waals surface area contributed by atoms with Crippen molar-refractivity contribution in [3.8, 4) is 17.2 Å². The van der Waals surface area contributed by atoms with E-state index in [1.54, 1.807) is 0 Å². The number of amides is 1. The van der Waals surface area contributed by atoms with E-state index in [2.05, 4.69) is 5.32 Å². The lowest BCUT2D eigenvalue weighted by Gasteiger charge is -2.42. The zero-order valence-electron chi connectivity index (χ0n) is 16.8.